The largest absolute Gasteiger partial charge is 0.390 e. The van der Waals surface area contributed by atoms with Crippen LogP contribution < -0.4 is 11.1 Å². The van der Waals surface area contributed by atoms with Gasteiger partial charge in [-0.15, -0.1) is 0 Å². The molecule has 1 saturated carbocycles. The van der Waals surface area contributed by atoms with E-state index in [0.29, 0.717) is 12.0 Å². The van der Waals surface area contributed by atoms with E-state index in [4.69, 9.17) is 5.73 Å². The highest BCUT2D eigenvalue weighted by Crippen LogP contribution is 2.29. The van der Waals surface area contributed by atoms with Gasteiger partial charge >= 0.3 is 0 Å². The van der Waals surface area contributed by atoms with E-state index >= 15 is 0 Å². The third-order valence-corrected chi connectivity index (χ3v) is 3.29. The van der Waals surface area contributed by atoms with Crippen LogP contribution in [0.5, 0.6) is 0 Å². The van der Waals surface area contributed by atoms with Gasteiger partial charge in [0, 0.05) is 17.8 Å². The van der Waals surface area contributed by atoms with Crippen LogP contribution >= 0.6 is 0 Å². The monoisotopic (exact) mass is 236 g/mol. The van der Waals surface area contributed by atoms with Crippen LogP contribution in [0.3, 0.4) is 0 Å². The van der Waals surface area contributed by atoms with Crippen molar-refractivity contribution in [3.05, 3.63) is 11.8 Å². The summed E-state index contributed by atoms with van der Waals surface area (Å²) >= 11 is 0. The Balaban J connectivity index is 1.97. The Kier molecular flexibility index (Phi) is 3.19. The standard InChI is InChI=1S/C12H20N4O/c1-8-7-10(16-11(13)14-8)15-9-3-5-12(2,17)6-4-9/h7,9,17H,3-6H2,1-2H3,(H3,13,14,15,16). The number of aromatic nitrogens is 2. The van der Waals surface area contributed by atoms with Crippen molar-refractivity contribution in [1.82, 2.24) is 9.97 Å². The van der Waals surface area contributed by atoms with Gasteiger partial charge in [-0.1, -0.05) is 0 Å². The van der Waals surface area contributed by atoms with E-state index in [1.165, 1.54) is 0 Å². The summed E-state index contributed by atoms with van der Waals surface area (Å²) in [6.45, 7) is 3.80. The van der Waals surface area contributed by atoms with Gasteiger partial charge in [0.05, 0.1) is 5.60 Å². The van der Waals surface area contributed by atoms with Crippen molar-refractivity contribution in [2.75, 3.05) is 11.1 Å². The number of aliphatic hydroxyl groups is 1. The molecule has 0 amide bonds. The van der Waals surface area contributed by atoms with Gasteiger partial charge in [0.15, 0.2) is 0 Å². The zero-order chi connectivity index (χ0) is 12.5. The fourth-order valence-electron chi connectivity index (χ4n) is 2.26. The highest BCUT2D eigenvalue weighted by atomic mass is 16.3. The maximum atomic E-state index is 9.87. The molecule has 94 valence electrons. The molecular formula is C12H20N4O. The van der Waals surface area contributed by atoms with Gasteiger partial charge in [0.1, 0.15) is 5.82 Å². The number of nitrogens with two attached hydrogens (primary N) is 1. The van der Waals surface area contributed by atoms with Gasteiger partial charge in [-0.3, -0.25) is 0 Å². The van der Waals surface area contributed by atoms with Crippen LogP contribution in [-0.2, 0) is 0 Å². The van der Waals surface area contributed by atoms with Crippen LogP contribution in [0.1, 0.15) is 38.3 Å². The Morgan fingerprint density at radius 2 is 2.06 bits per heavy atom. The Morgan fingerprint density at radius 1 is 1.41 bits per heavy atom. The average molecular weight is 236 g/mol. The summed E-state index contributed by atoms with van der Waals surface area (Å²) in [4.78, 5) is 8.19. The number of hydrogen-bond acceptors (Lipinski definition) is 5. The van der Waals surface area contributed by atoms with E-state index in [9.17, 15) is 5.11 Å². The summed E-state index contributed by atoms with van der Waals surface area (Å²) in [6, 6.07) is 2.26. The minimum absolute atomic E-state index is 0.301. The second kappa shape index (κ2) is 4.49. The molecule has 0 spiro atoms. The third-order valence-electron chi connectivity index (χ3n) is 3.29. The molecule has 0 bridgehead atoms. The summed E-state index contributed by atoms with van der Waals surface area (Å²) in [5.41, 5.74) is 5.97. The molecule has 5 nitrogen and oxygen atoms in total. The maximum absolute atomic E-state index is 9.87. The summed E-state index contributed by atoms with van der Waals surface area (Å²) < 4.78 is 0. The van der Waals surface area contributed by atoms with E-state index < -0.39 is 5.60 Å². The molecule has 0 aliphatic heterocycles. The fourth-order valence-corrected chi connectivity index (χ4v) is 2.26. The summed E-state index contributed by atoms with van der Waals surface area (Å²) in [6.07, 6.45) is 3.56. The number of aryl methyl sites for hydroxylation is 1. The Labute approximate surface area is 101 Å². The van der Waals surface area contributed by atoms with E-state index in [2.05, 4.69) is 15.3 Å². The van der Waals surface area contributed by atoms with Crippen molar-refractivity contribution in [2.24, 2.45) is 0 Å². The zero-order valence-electron chi connectivity index (χ0n) is 10.4. The smallest absolute Gasteiger partial charge is 0.222 e. The predicted octanol–water partition coefficient (Wildman–Crippen LogP) is 1.47. The number of anilines is 2. The number of rotatable bonds is 2. The van der Waals surface area contributed by atoms with E-state index in [0.717, 1.165) is 37.2 Å². The molecular weight excluding hydrogens is 216 g/mol. The minimum Gasteiger partial charge on any atom is -0.390 e. The van der Waals surface area contributed by atoms with Crippen molar-refractivity contribution in [1.29, 1.82) is 0 Å². The molecule has 0 saturated heterocycles. The number of nitrogen functional groups attached to an aromatic ring is 1. The zero-order valence-corrected chi connectivity index (χ0v) is 10.4. The molecule has 1 aromatic heterocycles. The first kappa shape index (κ1) is 12.1. The maximum Gasteiger partial charge on any atom is 0.222 e. The topological polar surface area (TPSA) is 84.1 Å². The van der Waals surface area contributed by atoms with Crippen molar-refractivity contribution >= 4 is 11.8 Å². The van der Waals surface area contributed by atoms with Crippen LogP contribution in [0.15, 0.2) is 6.07 Å². The van der Waals surface area contributed by atoms with Crippen LogP contribution in [0.2, 0.25) is 0 Å². The number of hydrogen-bond donors (Lipinski definition) is 3. The predicted molar refractivity (Wildman–Crippen MR) is 67.7 cm³/mol. The second-order valence-electron chi connectivity index (χ2n) is 5.17. The van der Waals surface area contributed by atoms with Crippen molar-refractivity contribution < 1.29 is 5.11 Å². The van der Waals surface area contributed by atoms with Gasteiger partial charge in [0.25, 0.3) is 0 Å². The fraction of sp³-hybridized carbons (Fsp3) is 0.667. The molecule has 1 aromatic rings. The molecule has 0 unspecified atom stereocenters. The quantitative estimate of drug-likeness (QED) is 0.724. The lowest BCUT2D eigenvalue weighted by molar-refractivity contribution is 0.0196. The molecule has 1 heterocycles. The summed E-state index contributed by atoms with van der Waals surface area (Å²) in [7, 11) is 0. The molecule has 1 fully saturated rings. The molecule has 1 aliphatic carbocycles. The van der Waals surface area contributed by atoms with E-state index in [-0.39, 0.29) is 0 Å². The van der Waals surface area contributed by atoms with Gasteiger partial charge in [-0.05, 0) is 39.5 Å². The van der Waals surface area contributed by atoms with Gasteiger partial charge < -0.3 is 16.2 Å². The van der Waals surface area contributed by atoms with Crippen molar-refractivity contribution in [2.45, 2.75) is 51.2 Å². The third kappa shape index (κ3) is 3.30. The Bertz CT molecular complexity index is 375. The Morgan fingerprint density at radius 3 is 2.65 bits per heavy atom. The summed E-state index contributed by atoms with van der Waals surface area (Å²) in [5, 5.41) is 13.2. The molecule has 1 aliphatic rings. The van der Waals surface area contributed by atoms with E-state index in [1.54, 1.807) is 0 Å². The SMILES string of the molecule is Cc1cc(NC2CCC(C)(O)CC2)nc(N)n1. The lowest BCUT2D eigenvalue weighted by Crippen LogP contribution is -2.35. The molecule has 0 atom stereocenters. The molecule has 0 aromatic carbocycles. The van der Waals surface area contributed by atoms with E-state index in [1.807, 2.05) is 19.9 Å². The molecule has 4 N–H and O–H groups in total. The first-order valence-corrected chi connectivity index (χ1v) is 6.05. The highest BCUT2D eigenvalue weighted by molar-refractivity contribution is 5.41. The lowest BCUT2D eigenvalue weighted by atomic mass is 9.84. The molecule has 17 heavy (non-hydrogen) atoms. The van der Waals surface area contributed by atoms with Crippen molar-refractivity contribution in [3.63, 3.8) is 0 Å². The van der Waals surface area contributed by atoms with Gasteiger partial charge in [-0.25, -0.2) is 4.98 Å². The van der Waals surface area contributed by atoms with Crippen molar-refractivity contribution in [3.8, 4) is 0 Å². The normalized spacial score (nSPS) is 29.0. The number of nitrogens with zero attached hydrogens (tertiary/aromatic N) is 2. The first-order chi connectivity index (χ1) is 7.94. The minimum atomic E-state index is -0.501. The number of nitrogens with one attached hydrogen (secondary N) is 1. The first-order valence-electron chi connectivity index (χ1n) is 6.05. The second-order valence-corrected chi connectivity index (χ2v) is 5.17. The van der Waals surface area contributed by atoms with Crippen LogP contribution in [0, 0.1) is 6.92 Å². The van der Waals surface area contributed by atoms with Gasteiger partial charge in [0.2, 0.25) is 5.95 Å². The highest BCUT2D eigenvalue weighted by Gasteiger charge is 2.28. The van der Waals surface area contributed by atoms with Crippen LogP contribution in [0.25, 0.3) is 0 Å². The molecule has 2 rings (SSSR count). The molecule has 5 heteroatoms. The Hall–Kier alpha value is -1.36. The van der Waals surface area contributed by atoms with Crippen LogP contribution in [-0.4, -0.2) is 26.7 Å². The molecule has 0 radical (unpaired) electrons. The average Bonchev–Trinajstić information content (AvgIpc) is 2.20. The van der Waals surface area contributed by atoms with Crippen LogP contribution in [0.4, 0.5) is 11.8 Å². The lowest BCUT2D eigenvalue weighted by Gasteiger charge is -2.33. The summed E-state index contributed by atoms with van der Waals surface area (Å²) in [5.74, 6) is 1.08. The van der Waals surface area contributed by atoms with Gasteiger partial charge in [-0.2, -0.15) is 4.98 Å².